The first-order chi connectivity index (χ1) is 13.6. The predicted octanol–water partition coefficient (Wildman–Crippen LogP) is 2.52. The van der Waals surface area contributed by atoms with Gasteiger partial charge in [0.25, 0.3) is 5.91 Å². The van der Waals surface area contributed by atoms with Crippen molar-refractivity contribution in [1.29, 1.82) is 0 Å². The van der Waals surface area contributed by atoms with Gasteiger partial charge in [0.1, 0.15) is 18.1 Å². The van der Waals surface area contributed by atoms with Crippen LogP contribution in [-0.2, 0) is 14.8 Å². The molecular formula is C21H28N2O5S. The van der Waals surface area contributed by atoms with E-state index in [4.69, 9.17) is 9.47 Å². The third kappa shape index (κ3) is 6.47. The molecule has 0 fully saturated rings. The molecule has 1 amide bonds. The summed E-state index contributed by atoms with van der Waals surface area (Å²) in [5.74, 6) is 0.950. The first kappa shape index (κ1) is 22.7. The maximum absolute atomic E-state index is 12.2. The monoisotopic (exact) mass is 420 g/mol. The van der Waals surface area contributed by atoms with Crippen molar-refractivity contribution in [3.8, 4) is 11.5 Å². The number of hydrogen-bond donors (Lipinski definition) is 1. The van der Waals surface area contributed by atoms with Crippen LogP contribution in [-0.4, -0.2) is 52.0 Å². The molecule has 0 heterocycles. The summed E-state index contributed by atoms with van der Waals surface area (Å²) in [6.45, 7) is 6.20. The number of amides is 1. The molecule has 29 heavy (non-hydrogen) atoms. The van der Waals surface area contributed by atoms with Crippen molar-refractivity contribution in [3.05, 3.63) is 53.6 Å². The van der Waals surface area contributed by atoms with Gasteiger partial charge in [0.15, 0.2) is 6.10 Å². The first-order valence-corrected chi connectivity index (χ1v) is 10.7. The lowest BCUT2D eigenvalue weighted by atomic mass is 10.1. The van der Waals surface area contributed by atoms with Gasteiger partial charge in [0, 0.05) is 14.1 Å². The van der Waals surface area contributed by atoms with Crippen LogP contribution in [0.4, 0.5) is 0 Å². The summed E-state index contributed by atoms with van der Waals surface area (Å²) in [5, 5.41) is 2.76. The summed E-state index contributed by atoms with van der Waals surface area (Å²) >= 11 is 0. The maximum Gasteiger partial charge on any atom is 0.260 e. The molecule has 0 saturated carbocycles. The Balaban J connectivity index is 1.79. The second-order valence-corrected chi connectivity index (χ2v) is 9.13. The number of hydrogen-bond acceptors (Lipinski definition) is 5. The van der Waals surface area contributed by atoms with Crippen molar-refractivity contribution >= 4 is 15.9 Å². The quantitative estimate of drug-likeness (QED) is 0.630. The molecule has 0 aliphatic carbocycles. The van der Waals surface area contributed by atoms with Gasteiger partial charge in [-0.1, -0.05) is 6.07 Å². The largest absolute Gasteiger partial charge is 0.492 e. The molecule has 158 valence electrons. The van der Waals surface area contributed by atoms with E-state index in [1.165, 1.54) is 26.2 Å². The zero-order valence-corrected chi connectivity index (χ0v) is 18.2. The van der Waals surface area contributed by atoms with Crippen LogP contribution >= 0.6 is 0 Å². The normalized spacial score (nSPS) is 12.5. The number of sulfonamides is 1. The number of carbonyl (C=O) groups is 1. The van der Waals surface area contributed by atoms with E-state index >= 15 is 0 Å². The lowest BCUT2D eigenvalue weighted by Crippen LogP contribution is -2.38. The van der Waals surface area contributed by atoms with Crippen molar-refractivity contribution in [2.45, 2.75) is 31.8 Å². The second kappa shape index (κ2) is 9.76. The molecule has 1 atom stereocenters. The first-order valence-electron chi connectivity index (χ1n) is 9.27. The van der Waals surface area contributed by atoms with E-state index < -0.39 is 16.1 Å². The minimum atomic E-state index is -3.46. The molecule has 2 aromatic rings. The van der Waals surface area contributed by atoms with Gasteiger partial charge in [-0.3, -0.25) is 4.79 Å². The van der Waals surface area contributed by atoms with E-state index in [1.807, 2.05) is 32.0 Å². The van der Waals surface area contributed by atoms with Crippen molar-refractivity contribution < 1.29 is 22.7 Å². The number of rotatable bonds is 9. The highest BCUT2D eigenvalue weighted by molar-refractivity contribution is 7.89. The lowest BCUT2D eigenvalue weighted by Gasteiger charge is -2.16. The number of aryl methyl sites for hydroxylation is 2. The summed E-state index contributed by atoms with van der Waals surface area (Å²) in [6.07, 6.45) is -0.633. The van der Waals surface area contributed by atoms with E-state index in [-0.39, 0.29) is 17.4 Å². The van der Waals surface area contributed by atoms with Crippen LogP contribution in [0, 0.1) is 13.8 Å². The number of benzene rings is 2. The molecule has 0 aromatic heterocycles. The third-order valence-electron chi connectivity index (χ3n) is 4.15. The molecule has 0 radical (unpaired) electrons. The molecule has 0 spiro atoms. The van der Waals surface area contributed by atoms with Gasteiger partial charge in [0.05, 0.1) is 11.4 Å². The molecule has 7 nitrogen and oxygen atoms in total. The van der Waals surface area contributed by atoms with Crippen molar-refractivity contribution in [1.82, 2.24) is 9.62 Å². The molecule has 1 N–H and O–H groups in total. The Kier molecular flexibility index (Phi) is 7.64. The fraction of sp³-hybridized carbons (Fsp3) is 0.381. The Morgan fingerprint density at radius 2 is 1.62 bits per heavy atom. The van der Waals surface area contributed by atoms with Gasteiger partial charge in [-0.15, -0.1) is 0 Å². The average molecular weight is 421 g/mol. The lowest BCUT2D eigenvalue weighted by molar-refractivity contribution is -0.127. The topological polar surface area (TPSA) is 84.9 Å². The molecule has 0 saturated heterocycles. The smallest absolute Gasteiger partial charge is 0.260 e. The van der Waals surface area contributed by atoms with Crippen molar-refractivity contribution in [2.75, 3.05) is 27.2 Å². The molecule has 8 heteroatoms. The fourth-order valence-corrected chi connectivity index (χ4v) is 3.57. The average Bonchev–Trinajstić information content (AvgIpc) is 2.64. The van der Waals surface area contributed by atoms with Gasteiger partial charge in [-0.05, 0) is 68.3 Å². The summed E-state index contributed by atoms with van der Waals surface area (Å²) in [5.41, 5.74) is 2.15. The molecular weight excluding hydrogens is 392 g/mol. The Bertz CT molecular complexity index is 920. The van der Waals surface area contributed by atoms with Crippen LogP contribution in [0.1, 0.15) is 18.1 Å². The number of nitrogens with zero attached hydrogens (tertiary/aromatic N) is 1. The highest BCUT2D eigenvalue weighted by atomic mass is 32.2. The summed E-state index contributed by atoms with van der Waals surface area (Å²) in [4.78, 5) is 12.4. The van der Waals surface area contributed by atoms with Crippen molar-refractivity contribution in [3.63, 3.8) is 0 Å². The Labute approximate surface area is 172 Å². The van der Waals surface area contributed by atoms with E-state index in [0.29, 0.717) is 18.0 Å². The number of ether oxygens (including phenoxy) is 2. The van der Waals surface area contributed by atoms with Gasteiger partial charge < -0.3 is 14.8 Å². The second-order valence-electron chi connectivity index (χ2n) is 6.98. The van der Waals surface area contributed by atoms with Crippen LogP contribution in [0.5, 0.6) is 11.5 Å². The van der Waals surface area contributed by atoms with E-state index in [2.05, 4.69) is 5.32 Å². The van der Waals surface area contributed by atoms with Gasteiger partial charge in [-0.2, -0.15) is 0 Å². The highest BCUT2D eigenvalue weighted by Crippen LogP contribution is 2.19. The zero-order chi connectivity index (χ0) is 21.6. The minimum absolute atomic E-state index is 0.195. The van der Waals surface area contributed by atoms with Crippen LogP contribution in [0.15, 0.2) is 47.4 Å². The zero-order valence-electron chi connectivity index (χ0n) is 17.4. The van der Waals surface area contributed by atoms with E-state index in [0.717, 1.165) is 15.4 Å². The predicted molar refractivity (Wildman–Crippen MR) is 112 cm³/mol. The number of nitrogens with one attached hydrogen (secondary N) is 1. The highest BCUT2D eigenvalue weighted by Gasteiger charge is 2.17. The van der Waals surface area contributed by atoms with Crippen LogP contribution in [0.25, 0.3) is 0 Å². The fourth-order valence-electron chi connectivity index (χ4n) is 2.66. The van der Waals surface area contributed by atoms with Crippen molar-refractivity contribution in [2.24, 2.45) is 0 Å². The SMILES string of the molecule is Cc1cc(C)cc(O[C@H](C)C(=O)NCCOc2ccc(S(=O)(=O)N(C)C)cc2)c1. The minimum Gasteiger partial charge on any atom is -0.492 e. The van der Waals surface area contributed by atoms with E-state index in [1.54, 1.807) is 19.1 Å². The summed E-state index contributed by atoms with van der Waals surface area (Å²) in [6, 6.07) is 12.0. The van der Waals surface area contributed by atoms with E-state index in [9.17, 15) is 13.2 Å². The molecule has 2 aromatic carbocycles. The van der Waals surface area contributed by atoms with Crippen LogP contribution in [0.2, 0.25) is 0 Å². The Morgan fingerprint density at radius 1 is 1.03 bits per heavy atom. The number of carbonyl (C=O) groups excluding carboxylic acids is 1. The Morgan fingerprint density at radius 3 is 2.17 bits per heavy atom. The maximum atomic E-state index is 12.2. The molecule has 0 aliphatic rings. The van der Waals surface area contributed by atoms with Gasteiger partial charge in [0.2, 0.25) is 10.0 Å². The third-order valence-corrected chi connectivity index (χ3v) is 5.98. The molecule has 2 rings (SSSR count). The van der Waals surface area contributed by atoms with Gasteiger partial charge in [-0.25, -0.2) is 12.7 Å². The molecule has 0 aliphatic heterocycles. The summed E-state index contributed by atoms with van der Waals surface area (Å²) in [7, 11) is -0.505. The molecule has 0 unspecified atom stereocenters. The van der Waals surface area contributed by atoms with Crippen LogP contribution in [0.3, 0.4) is 0 Å². The van der Waals surface area contributed by atoms with Gasteiger partial charge >= 0.3 is 0 Å². The summed E-state index contributed by atoms with van der Waals surface area (Å²) < 4.78 is 36.5. The van der Waals surface area contributed by atoms with Crippen LogP contribution < -0.4 is 14.8 Å². The Hall–Kier alpha value is -2.58. The molecule has 0 bridgehead atoms. The standard InChI is InChI=1S/C21H28N2O5S/c1-15-12-16(2)14-19(13-15)28-17(3)21(24)22-10-11-27-18-6-8-20(9-7-18)29(25,26)23(4)5/h6-9,12-14,17H,10-11H2,1-5H3,(H,22,24)/t17-/m1/s1.